The summed E-state index contributed by atoms with van der Waals surface area (Å²) in [6.07, 6.45) is -0.278. The second-order valence-corrected chi connectivity index (χ2v) is 11.4. The minimum absolute atomic E-state index is 0.0636. The maximum Gasteiger partial charge on any atom is 0.410 e. The number of hydrogen-bond acceptors (Lipinski definition) is 2. The largest absolute Gasteiger partial charge is 0.444 e. The van der Waals surface area contributed by atoms with E-state index in [1.807, 2.05) is 44.9 Å². The Kier molecular flexibility index (Phi) is 6.44. The van der Waals surface area contributed by atoms with E-state index in [1.54, 1.807) is 0 Å². The molecule has 0 aliphatic carbocycles. The molecule has 0 spiro atoms. The summed E-state index contributed by atoms with van der Waals surface area (Å²) in [5, 5.41) is -0.271. The molecular formula is C24H35NO2Si. The lowest BCUT2D eigenvalue weighted by molar-refractivity contribution is 0.00429. The minimum atomic E-state index is -0.527. The van der Waals surface area contributed by atoms with Crippen LogP contribution < -0.4 is 0 Å². The van der Waals surface area contributed by atoms with Gasteiger partial charge in [-0.15, -0.1) is 0 Å². The predicted molar refractivity (Wildman–Crippen MR) is 121 cm³/mol. The Labute approximate surface area is 173 Å². The van der Waals surface area contributed by atoms with E-state index in [2.05, 4.69) is 69.3 Å². The lowest BCUT2D eigenvalue weighted by atomic mass is 9.71. The molecule has 0 fully saturated rings. The first-order valence-electron chi connectivity index (χ1n) is 9.94. The standard InChI is InChI=1S/C24H35NO2Si/c1-22(2,3)20(25(7)21(26)27-23(4,5)6)24(28,18-14-10-8-11-15-18)19-16-12-9-13-17-19/h8-17,20H,1-7,28H3. The Morgan fingerprint density at radius 2 is 1.25 bits per heavy atom. The Morgan fingerprint density at radius 3 is 1.57 bits per heavy atom. The first-order chi connectivity index (χ1) is 12.9. The van der Waals surface area contributed by atoms with Crippen molar-refractivity contribution in [3.05, 3.63) is 71.8 Å². The van der Waals surface area contributed by atoms with E-state index in [4.69, 9.17) is 4.74 Å². The number of amides is 1. The molecule has 2 rings (SSSR count). The van der Waals surface area contributed by atoms with Gasteiger partial charge in [0.05, 0.1) is 0 Å². The molecule has 0 N–H and O–H groups in total. The predicted octanol–water partition coefficient (Wildman–Crippen LogP) is 4.58. The summed E-state index contributed by atoms with van der Waals surface area (Å²) in [6, 6.07) is 21.1. The molecule has 3 nitrogen and oxygen atoms in total. The fraction of sp³-hybridized carbons (Fsp3) is 0.458. The molecule has 0 radical (unpaired) electrons. The van der Waals surface area contributed by atoms with Crippen molar-refractivity contribution in [2.24, 2.45) is 5.41 Å². The Balaban J connectivity index is 2.66. The van der Waals surface area contributed by atoms with E-state index in [9.17, 15) is 4.79 Å². The molecule has 1 amide bonds. The van der Waals surface area contributed by atoms with Crippen LogP contribution in [-0.4, -0.2) is 39.9 Å². The van der Waals surface area contributed by atoms with Gasteiger partial charge in [-0.25, -0.2) is 4.79 Å². The van der Waals surface area contributed by atoms with Crippen molar-refractivity contribution in [3.63, 3.8) is 0 Å². The molecule has 0 saturated carbocycles. The lowest BCUT2D eigenvalue weighted by Gasteiger charge is -2.50. The van der Waals surface area contributed by atoms with Gasteiger partial charge in [0, 0.05) is 28.4 Å². The summed E-state index contributed by atoms with van der Waals surface area (Å²) in [6.45, 7) is 12.3. The van der Waals surface area contributed by atoms with Crippen LogP contribution in [0.5, 0.6) is 0 Å². The van der Waals surface area contributed by atoms with Crippen molar-refractivity contribution in [2.45, 2.75) is 58.2 Å². The van der Waals surface area contributed by atoms with E-state index < -0.39 is 5.60 Å². The molecule has 152 valence electrons. The molecule has 2 aromatic carbocycles. The van der Waals surface area contributed by atoms with Crippen LogP contribution in [0.4, 0.5) is 4.79 Å². The first kappa shape index (κ1) is 22.2. The van der Waals surface area contributed by atoms with Gasteiger partial charge in [0.15, 0.2) is 0 Å². The quantitative estimate of drug-likeness (QED) is 0.707. The molecule has 28 heavy (non-hydrogen) atoms. The maximum absolute atomic E-state index is 13.1. The fourth-order valence-corrected chi connectivity index (χ4v) is 6.24. The Morgan fingerprint density at radius 1 is 0.857 bits per heavy atom. The number of benzene rings is 2. The smallest absolute Gasteiger partial charge is 0.410 e. The van der Waals surface area contributed by atoms with Crippen molar-refractivity contribution in [1.29, 1.82) is 0 Å². The molecule has 2 aromatic rings. The van der Waals surface area contributed by atoms with Gasteiger partial charge in [-0.3, -0.25) is 0 Å². The van der Waals surface area contributed by atoms with Crippen LogP contribution in [0, 0.1) is 5.41 Å². The van der Waals surface area contributed by atoms with E-state index in [-0.39, 0.29) is 22.6 Å². The Bertz CT molecular complexity index is 736. The van der Waals surface area contributed by atoms with E-state index in [1.165, 1.54) is 11.1 Å². The van der Waals surface area contributed by atoms with Gasteiger partial charge in [0.25, 0.3) is 0 Å². The van der Waals surface area contributed by atoms with Crippen molar-refractivity contribution in [3.8, 4) is 0 Å². The number of rotatable bonds is 4. The monoisotopic (exact) mass is 397 g/mol. The van der Waals surface area contributed by atoms with Gasteiger partial charge < -0.3 is 9.64 Å². The highest BCUT2D eigenvalue weighted by atomic mass is 28.1. The van der Waals surface area contributed by atoms with Crippen LogP contribution in [0.1, 0.15) is 52.7 Å². The third-order valence-electron chi connectivity index (χ3n) is 5.18. The fourth-order valence-electron chi connectivity index (χ4n) is 4.32. The molecular weight excluding hydrogens is 362 g/mol. The average Bonchev–Trinajstić information content (AvgIpc) is 2.60. The lowest BCUT2D eigenvalue weighted by Crippen LogP contribution is -2.59. The van der Waals surface area contributed by atoms with Gasteiger partial charge >= 0.3 is 6.09 Å². The summed E-state index contributed by atoms with van der Waals surface area (Å²) < 4.78 is 5.74. The highest BCUT2D eigenvalue weighted by Crippen LogP contribution is 2.43. The Hall–Kier alpha value is -2.07. The van der Waals surface area contributed by atoms with Crippen LogP contribution in [0.15, 0.2) is 60.7 Å². The van der Waals surface area contributed by atoms with Gasteiger partial charge in [-0.2, -0.15) is 0 Å². The number of nitrogens with zero attached hydrogens (tertiary/aromatic N) is 1. The SMILES string of the molecule is CN(C(=O)OC(C)(C)C)C(C(C)(C)C)C([SiH3])(c1ccccc1)c1ccccc1. The first-order valence-corrected chi connectivity index (χ1v) is 10.9. The zero-order valence-corrected chi connectivity index (χ0v) is 20.6. The molecule has 0 aliphatic heterocycles. The molecule has 4 heteroatoms. The van der Waals surface area contributed by atoms with Crippen molar-refractivity contribution in [2.75, 3.05) is 7.05 Å². The minimum Gasteiger partial charge on any atom is -0.444 e. The van der Waals surface area contributed by atoms with Gasteiger partial charge in [0.1, 0.15) is 5.60 Å². The number of likely N-dealkylation sites (N-methyl/N-ethyl adjacent to an activating group) is 1. The van der Waals surface area contributed by atoms with Crippen LogP contribution in [0.3, 0.4) is 0 Å². The molecule has 0 aromatic heterocycles. The van der Waals surface area contributed by atoms with Crippen molar-refractivity contribution >= 4 is 16.3 Å². The van der Waals surface area contributed by atoms with Crippen molar-refractivity contribution in [1.82, 2.24) is 4.90 Å². The number of carbonyl (C=O) groups is 1. The van der Waals surface area contributed by atoms with Gasteiger partial charge in [-0.1, -0.05) is 81.4 Å². The summed E-state index contributed by atoms with van der Waals surface area (Å²) in [5.74, 6) is 0. The van der Waals surface area contributed by atoms with Crippen LogP contribution in [0.25, 0.3) is 0 Å². The maximum atomic E-state index is 13.1. The van der Waals surface area contributed by atoms with E-state index in [0.717, 1.165) is 10.2 Å². The van der Waals surface area contributed by atoms with Crippen LogP contribution >= 0.6 is 0 Å². The van der Waals surface area contributed by atoms with Gasteiger partial charge in [-0.05, 0) is 37.3 Å². The third-order valence-corrected chi connectivity index (χ3v) is 6.88. The normalized spacial score (nSPS) is 13.8. The van der Waals surface area contributed by atoms with E-state index >= 15 is 0 Å². The molecule has 0 aliphatic rings. The highest BCUT2D eigenvalue weighted by Gasteiger charge is 2.48. The number of ether oxygens (including phenoxy) is 1. The second-order valence-electron chi connectivity index (χ2n) is 9.79. The molecule has 0 saturated heterocycles. The molecule has 0 heterocycles. The molecule has 1 atom stereocenters. The average molecular weight is 398 g/mol. The number of hydrogen-bond donors (Lipinski definition) is 0. The van der Waals surface area contributed by atoms with Crippen LogP contribution in [-0.2, 0) is 9.78 Å². The zero-order valence-electron chi connectivity index (χ0n) is 18.6. The second kappa shape index (κ2) is 8.12. The van der Waals surface area contributed by atoms with E-state index in [0.29, 0.717) is 0 Å². The molecule has 0 bridgehead atoms. The summed E-state index contributed by atoms with van der Waals surface area (Å²) >= 11 is 0. The molecule has 1 unspecified atom stereocenters. The zero-order chi connectivity index (χ0) is 21.2. The highest BCUT2D eigenvalue weighted by molar-refractivity contribution is 6.19. The summed E-state index contributed by atoms with van der Waals surface area (Å²) in [5.41, 5.74) is 1.80. The van der Waals surface area contributed by atoms with Gasteiger partial charge in [0.2, 0.25) is 0 Å². The number of carbonyl (C=O) groups excluding carboxylic acids is 1. The summed E-state index contributed by atoms with van der Waals surface area (Å²) in [7, 11) is 2.72. The topological polar surface area (TPSA) is 29.5 Å². The van der Waals surface area contributed by atoms with Crippen molar-refractivity contribution < 1.29 is 9.53 Å². The summed E-state index contributed by atoms with van der Waals surface area (Å²) in [4.78, 5) is 14.9. The third kappa shape index (κ3) is 4.85. The van der Waals surface area contributed by atoms with Crippen LogP contribution in [0.2, 0.25) is 0 Å².